The van der Waals surface area contributed by atoms with Gasteiger partial charge in [-0.3, -0.25) is 0 Å². The van der Waals surface area contributed by atoms with E-state index in [9.17, 15) is 8.42 Å². The molecule has 1 aromatic rings. The van der Waals surface area contributed by atoms with Gasteiger partial charge in [-0.15, -0.1) is 0 Å². The van der Waals surface area contributed by atoms with E-state index in [1.165, 1.54) is 0 Å². The van der Waals surface area contributed by atoms with Crippen LogP contribution in [0.4, 0.5) is 0 Å². The Labute approximate surface area is 102 Å². The van der Waals surface area contributed by atoms with Crippen molar-refractivity contribution in [1.29, 1.82) is 0 Å². The van der Waals surface area contributed by atoms with Crippen LogP contribution in [0.1, 0.15) is 11.1 Å². The number of rotatable bonds is 4. The summed E-state index contributed by atoms with van der Waals surface area (Å²) < 4.78 is 29.0. The predicted molar refractivity (Wildman–Crippen MR) is 68.4 cm³/mol. The zero-order valence-electron chi connectivity index (χ0n) is 9.65. The molecule has 0 bridgehead atoms. The van der Waals surface area contributed by atoms with Crippen molar-refractivity contribution in [2.75, 3.05) is 18.6 Å². The van der Waals surface area contributed by atoms with Crippen molar-refractivity contribution in [3.63, 3.8) is 0 Å². The molecule has 0 atom stereocenters. The maximum absolute atomic E-state index is 11.9. The SMILES string of the molecule is COc1cc(C)c(S(=O)(=O)CCS)cc1C. The summed E-state index contributed by atoms with van der Waals surface area (Å²) in [5.41, 5.74) is 1.54. The first-order valence-electron chi connectivity index (χ1n) is 4.91. The van der Waals surface area contributed by atoms with Gasteiger partial charge in [-0.2, -0.15) is 12.6 Å². The third-order valence-electron chi connectivity index (χ3n) is 2.39. The lowest BCUT2D eigenvalue weighted by atomic mass is 10.1. The molecular formula is C11H16O3S2. The Hall–Kier alpha value is -0.680. The molecule has 0 saturated heterocycles. The van der Waals surface area contributed by atoms with Crippen LogP contribution in [-0.4, -0.2) is 27.0 Å². The van der Waals surface area contributed by atoms with Crippen LogP contribution in [0, 0.1) is 13.8 Å². The van der Waals surface area contributed by atoms with Crippen LogP contribution in [0.15, 0.2) is 17.0 Å². The lowest BCUT2D eigenvalue weighted by molar-refractivity contribution is 0.411. The van der Waals surface area contributed by atoms with E-state index >= 15 is 0 Å². The van der Waals surface area contributed by atoms with E-state index in [2.05, 4.69) is 12.6 Å². The number of benzene rings is 1. The number of hydrogen-bond donors (Lipinski definition) is 1. The molecular weight excluding hydrogens is 244 g/mol. The molecule has 3 nitrogen and oxygen atoms in total. The maximum Gasteiger partial charge on any atom is 0.179 e. The largest absolute Gasteiger partial charge is 0.496 e. The van der Waals surface area contributed by atoms with Crippen LogP contribution in [-0.2, 0) is 9.84 Å². The summed E-state index contributed by atoms with van der Waals surface area (Å²) in [5, 5.41) is 0. The molecule has 90 valence electrons. The molecule has 0 amide bonds. The first-order chi connectivity index (χ1) is 7.42. The molecule has 16 heavy (non-hydrogen) atoms. The summed E-state index contributed by atoms with van der Waals surface area (Å²) in [7, 11) is -1.65. The summed E-state index contributed by atoms with van der Waals surface area (Å²) in [6.45, 7) is 3.60. The number of hydrogen-bond acceptors (Lipinski definition) is 4. The fourth-order valence-electron chi connectivity index (χ4n) is 1.55. The monoisotopic (exact) mass is 260 g/mol. The van der Waals surface area contributed by atoms with Crippen molar-refractivity contribution in [3.05, 3.63) is 23.3 Å². The molecule has 0 aromatic heterocycles. The maximum atomic E-state index is 11.9. The van der Waals surface area contributed by atoms with Crippen LogP contribution in [0.5, 0.6) is 5.75 Å². The van der Waals surface area contributed by atoms with Gasteiger partial charge in [-0.1, -0.05) is 0 Å². The van der Waals surface area contributed by atoms with Gasteiger partial charge in [0.1, 0.15) is 5.75 Å². The highest BCUT2D eigenvalue weighted by Gasteiger charge is 2.17. The quantitative estimate of drug-likeness (QED) is 0.842. The molecule has 0 aliphatic heterocycles. The van der Waals surface area contributed by atoms with Gasteiger partial charge in [0, 0.05) is 5.75 Å². The van der Waals surface area contributed by atoms with E-state index < -0.39 is 9.84 Å². The topological polar surface area (TPSA) is 43.4 Å². The summed E-state index contributed by atoms with van der Waals surface area (Å²) in [4.78, 5) is 0.375. The molecule has 0 heterocycles. The Kier molecular flexibility index (Phi) is 4.27. The highest BCUT2D eigenvalue weighted by Crippen LogP contribution is 2.26. The fraction of sp³-hybridized carbons (Fsp3) is 0.455. The van der Waals surface area contributed by atoms with Gasteiger partial charge < -0.3 is 4.74 Å². The third-order valence-corrected chi connectivity index (χ3v) is 4.77. The molecule has 0 radical (unpaired) electrons. The van der Waals surface area contributed by atoms with Gasteiger partial charge in [-0.05, 0) is 37.1 Å². The lowest BCUT2D eigenvalue weighted by Gasteiger charge is -2.11. The summed E-state index contributed by atoms with van der Waals surface area (Å²) in [5.74, 6) is 1.09. The standard InChI is InChI=1S/C11H16O3S2/c1-8-7-11(16(12,13)5-4-15)9(2)6-10(8)14-3/h6-7,15H,4-5H2,1-3H3. The minimum Gasteiger partial charge on any atom is -0.496 e. The minimum atomic E-state index is -3.22. The molecule has 5 heteroatoms. The van der Waals surface area contributed by atoms with Gasteiger partial charge in [0.25, 0.3) is 0 Å². The first-order valence-corrected chi connectivity index (χ1v) is 7.19. The normalized spacial score (nSPS) is 11.5. The van der Waals surface area contributed by atoms with Gasteiger partial charge in [-0.25, -0.2) is 8.42 Å². The smallest absolute Gasteiger partial charge is 0.179 e. The Morgan fingerprint density at radius 2 is 1.88 bits per heavy atom. The van der Waals surface area contributed by atoms with E-state index in [4.69, 9.17) is 4.74 Å². The van der Waals surface area contributed by atoms with Crippen LogP contribution >= 0.6 is 12.6 Å². The van der Waals surface area contributed by atoms with Crippen molar-refractivity contribution in [2.24, 2.45) is 0 Å². The highest BCUT2D eigenvalue weighted by molar-refractivity contribution is 7.92. The van der Waals surface area contributed by atoms with Gasteiger partial charge >= 0.3 is 0 Å². The van der Waals surface area contributed by atoms with Gasteiger partial charge in [0.05, 0.1) is 17.8 Å². The molecule has 0 spiro atoms. The van der Waals surface area contributed by atoms with E-state index in [-0.39, 0.29) is 5.75 Å². The second-order valence-corrected chi connectivity index (χ2v) is 6.15. The summed E-state index contributed by atoms with van der Waals surface area (Å²) in [6.07, 6.45) is 0. The van der Waals surface area contributed by atoms with Crippen molar-refractivity contribution in [3.8, 4) is 5.75 Å². The van der Waals surface area contributed by atoms with Gasteiger partial charge in [0.2, 0.25) is 0 Å². The summed E-state index contributed by atoms with van der Waals surface area (Å²) >= 11 is 3.96. The third kappa shape index (κ3) is 2.71. The Balaban J connectivity index is 3.31. The van der Waals surface area contributed by atoms with Crippen molar-refractivity contribution in [1.82, 2.24) is 0 Å². The second kappa shape index (κ2) is 5.10. The highest BCUT2D eigenvalue weighted by atomic mass is 32.2. The van der Waals surface area contributed by atoms with E-state index in [0.717, 1.165) is 5.56 Å². The molecule has 0 aliphatic carbocycles. The molecule has 0 saturated carbocycles. The van der Waals surface area contributed by atoms with Crippen molar-refractivity contribution < 1.29 is 13.2 Å². The Morgan fingerprint density at radius 1 is 1.25 bits per heavy atom. The zero-order valence-corrected chi connectivity index (χ0v) is 11.4. The number of ether oxygens (including phenoxy) is 1. The number of methoxy groups -OCH3 is 1. The lowest BCUT2D eigenvalue weighted by Crippen LogP contribution is -2.10. The Morgan fingerprint density at radius 3 is 2.38 bits per heavy atom. The van der Waals surface area contributed by atoms with E-state index in [1.807, 2.05) is 6.92 Å². The Bertz CT molecular complexity index is 478. The number of aryl methyl sites for hydroxylation is 2. The predicted octanol–water partition coefficient (Wildman–Crippen LogP) is 2.02. The van der Waals surface area contributed by atoms with Crippen LogP contribution < -0.4 is 4.74 Å². The molecule has 0 fully saturated rings. The zero-order chi connectivity index (χ0) is 12.3. The molecule has 0 N–H and O–H groups in total. The number of sulfone groups is 1. The summed E-state index contributed by atoms with van der Waals surface area (Å²) in [6, 6.07) is 3.41. The van der Waals surface area contributed by atoms with Crippen LogP contribution in [0.2, 0.25) is 0 Å². The van der Waals surface area contributed by atoms with Crippen molar-refractivity contribution in [2.45, 2.75) is 18.7 Å². The second-order valence-electron chi connectivity index (χ2n) is 3.63. The molecule has 0 aliphatic rings. The van der Waals surface area contributed by atoms with Gasteiger partial charge in [0.15, 0.2) is 9.84 Å². The minimum absolute atomic E-state index is 0.0583. The van der Waals surface area contributed by atoms with Crippen LogP contribution in [0.25, 0.3) is 0 Å². The number of thiol groups is 1. The first kappa shape index (κ1) is 13.4. The molecule has 1 aromatic carbocycles. The van der Waals surface area contributed by atoms with Crippen molar-refractivity contribution >= 4 is 22.5 Å². The average Bonchev–Trinajstić information content (AvgIpc) is 2.20. The fourth-order valence-corrected chi connectivity index (χ4v) is 3.64. The van der Waals surface area contributed by atoms with E-state index in [0.29, 0.717) is 22.0 Å². The average molecular weight is 260 g/mol. The van der Waals surface area contributed by atoms with E-state index in [1.54, 1.807) is 26.2 Å². The molecule has 0 unspecified atom stereocenters. The van der Waals surface area contributed by atoms with Crippen LogP contribution in [0.3, 0.4) is 0 Å². The molecule has 1 rings (SSSR count).